The minimum atomic E-state index is 0.543. The zero-order valence-electron chi connectivity index (χ0n) is 7.03. The number of alkyl halides is 1. The lowest BCUT2D eigenvalue weighted by molar-refractivity contribution is 1.04. The van der Waals surface area contributed by atoms with Crippen molar-refractivity contribution in [1.29, 1.82) is 0 Å². The number of thiazole rings is 1. The molecule has 0 bridgehead atoms. The first-order valence-corrected chi connectivity index (χ1v) is 7.71. The van der Waals surface area contributed by atoms with Gasteiger partial charge in [0, 0.05) is 22.6 Å². The fraction of sp³-hybridized carbons (Fsp3) is 0.625. The van der Waals surface area contributed by atoms with Crippen LogP contribution in [0.15, 0.2) is 5.38 Å². The van der Waals surface area contributed by atoms with Crippen LogP contribution in [0.3, 0.4) is 0 Å². The summed E-state index contributed by atoms with van der Waals surface area (Å²) >= 11 is 11.5. The maximum absolute atomic E-state index is 5.71. The molecular weight excluding hydrogens is 242 g/mol. The topological polar surface area (TPSA) is 12.9 Å². The van der Waals surface area contributed by atoms with Crippen molar-refractivity contribution in [3.05, 3.63) is 16.1 Å². The van der Waals surface area contributed by atoms with Crippen molar-refractivity contribution in [2.24, 2.45) is 0 Å². The average Bonchev–Trinajstić information content (AvgIpc) is 2.67. The van der Waals surface area contributed by atoms with Gasteiger partial charge in [0.05, 0.1) is 16.8 Å². The molecule has 0 spiro atoms. The number of nitrogens with zero attached hydrogens (tertiary/aromatic N) is 1. The van der Waals surface area contributed by atoms with E-state index in [2.05, 4.69) is 10.4 Å². The van der Waals surface area contributed by atoms with Gasteiger partial charge < -0.3 is 0 Å². The molecule has 1 nitrogen and oxygen atoms in total. The largest absolute Gasteiger partial charge is 0.244 e. The molecule has 5 heteroatoms. The highest BCUT2D eigenvalue weighted by Gasteiger charge is 2.19. The third-order valence-corrected chi connectivity index (χ3v) is 5.99. The summed E-state index contributed by atoms with van der Waals surface area (Å²) in [7, 11) is 0. The minimum Gasteiger partial charge on any atom is -0.244 e. The summed E-state index contributed by atoms with van der Waals surface area (Å²) in [5.41, 5.74) is 1.03. The van der Waals surface area contributed by atoms with E-state index < -0.39 is 0 Å². The monoisotopic (exact) mass is 251 g/mol. The van der Waals surface area contributed by atoms with Crippen LogP contribution >= 0.6 is 46.5 Å². The van der Waals surface area contributed by atoms with E-state index in [4.69, 9.17) is 11.6 Å². The van der Waals surface area contributed by atoms with Gasteiger partial charge in [0.2, 0.25) is 0 Å². The van der Waals surface area contributed by atoms with Crippen molar-refractivity contribution < 1.29 is 0 Å². The van der Waals surface area contributed by atoms with Crippen LogP contribution in [0.1, 0.15) is 16.0 Å². The fourth-order valence-corrected chi connectivity index (χ4v) is 5.21. The second-order valence-electron chi connectivity index (χ2n) is 2.75. The van der Waals surface area contributed by atoms with E-state index in [1.54, 1.807) is 11.3 Å². The number of rotatable bonds is 2. The summed E-state index contributed by atoms with van der Waals surface area (Å²) in [5.74, 6) is 4.29. The molecule has 1 aliphatic rings. The Morgan fingerprint density at radius 2 is 2.46 bits per heavy atom. The lowest BCUT2D eigenvalue weighted by Gasteiger charge is -2.18. The highest BCUT2D eigenvalue weighted by molar-refractivity contribution is 8.06. The highest BCUT2D eigenvalue weighted by Crippen LogP contribution is 2.38. The molecule has 1 atom stereocenters. The Hall–Kier alpha value is 0.620. The van der Waals surface area contributed by atoms with Crippen LogP contribution in [0.5, 0.6) is 0 Å². The lowest BCUT2D eigenvalue weighted by atomic mass is 10.5. The highest BCUT2D eigenvalue weighted by atomic mass is 35.5. The quantitative estimate of drug-likeness (QED) is 0.748. The zero-order chi connectivity index (χ0) is 9.10. The molecule has 1 aliphatic heterocycles. The van der Waals surface area contributed by atoms with Crippen LogP contribution < -0.4 is 0 Å². The Balaban J connectivity index is 2.05. The van der Waals surface area contributed by atoms with E-state index in [1.807, 2.05) is 23.5 Å². The van der Waals surface area contributed by atoms with Crippen molar-refractivity contribution in [3.63, 3.8) is 0 Å². The maximum atomic E-state index is 5.71. The van der Waals surface area contributed by atoms with Crippen molar-refractivity contribution in [2.45, 2.75) is 11.1 Å². The van der Waals surface area contributed by atoms with Gasteiger partial charge in [0.1, 0.15) is 5.01 Å². The Morgan fingerprint density at radius 3 is 3.08 bits per heavy atom. The van der Waals surface area contributed by atoms with Gasteiger partial charge in [0.25, 0.3) is 0 Å². The third kappa shape index (κ3) is 2.55. The SMILES string of the molecule is ClCc1csc(C2CSCCS2)n1. The van der Waals surface area contributed by atoms with Crippen molar-refractivity contribution >= 4 is 46.5 Å². The van der Waals surface area contributed by atoms with Gasteiger partial charge in [0.15, 0.2) is 0 Å². The predicted octanol–water partition coefficient (Wildman–Crippen LogP) is 3.40. The number of aromatic nitrogens is 1. The first-order valence-electron chi connectivity index (χ1n) is 4.10. The number of hydrogen-bond donors (Lipinski definition) is 0. The smallest absolute Gasteiger partial charge is 0.107 e. The molecule has 2 rings (SSSR count). The summed E-state index contributed by atoms with van der Waals surface area (Å²) in [6, 6.07) is 0. The molecular formula is C8H10ClNS3. The third-order valence-electron chi connectivity index (χ3n) is 1.80. The fourth-order valence-electron chi connectivity index (χ4n) is 1.16. The zero-order valence-corrected chi connectivity index (χ0v) is 10.2. The van der Waals surface area contributed by atoms with Crippen LogP contribution in [-0.4, -0.2) is 22.2 Å². The normalized spacial score (nSPS) is 23.3. The van der Waals surface area contributed by atoms with Crippen molar-refractivity contribution in [2.75, 3.05) is 17.3 Å². The maximum Gasteiger partial charge on any atom is 0.107 e. The average molecular weight is 252 g/mol. The van der Waals surface area contributed by atoms with Crippen LogP contribution in [0, 0.1) is 0 Å². The molecule has 1 fully saturated rings. The van der Waals surface area contributed by atoms with E-state index in [1.165, 1.54) is 22.3 Å². The second kappa shape index (κ2) is 4.91. The Kier molecular flexibility index (Phi) is 3.84. The molecule has 0 aliphatic carbocycles. The molecule has 0 radical (unpaired) electrons. The second-order valence-corrected chi connectivity index (χ2v) is 6.36. The first-order chi connectivity index (χ1) is 6.40. The van der Waals surface area contributed by atoms with E-state index in [0.29, 0.717) is 11.1 Å². The molecule has 0 saturated carbocycles. The summed E-state index contributed by atoms with van der Waals surface area (Å²) in [5, 5.41) is 3.94. The van der Waals surface area contributed by atoms with E-state index >= 15 is 0 Å². The number of halogens is 1. The number of thioether (sulfide) groups is 2. The Labute approximate surface area is 95.7 Å². The van der Waals surface area contributed by atoms with Gasteiger partial charge in [-0.1, -0.05) is 0 Å². The van der Waals surface area contributed by atoms with Gasteiger partial charge in [-0.15, -0.1) is 34.7 Å². The standard InChI is InChI=1S/C8H10ClNS3/c9-3-6-4-13-8(10-6)7-5-11-1-2-12-7/h4,7H,1-3,5H2. The summed E-state index contributed by atoms with van der Waals surface area (Å²) in [4.78, 5) is 4.50. The lowest BCUT2D eigenvalue weighted by Crippen LogP contribution is -2.06. The van der Waals surface area contributed by atoms with Gasteiger partial charge in [-0.25, -0.2) is 4.98 Å². The minimum absolute atomic E-state index is 0.543. The molecule has 2 heterocycles. The van der Waals surface area contributed by atoms with Gasteiger partial charge in [-0.05, 0) is 0 Å². The Morgan fingerprint density at radius 1 is 1.54 bits per heavy atom. The predicted molar refractivity (Wildman–Crippen MR) is 64.2 cm³/mol. The van der Waals surface area contributed by atoms with E-state index in [0.717, 1.165) is 5.69 Å². The summed E-state index contributed by atoms with van der Waals surface area (Å²) in [6.07, 6.45) is 0. The van der Waals surface area contributed by atoms with Crippen LogP contribution in [0.4, 0.5) is 0 Å². The van der Waals surface area contributed by atoms with Crippen molar-refractivity contribution in [1.82, 2.24) is 4.98 Å². The number of hydrogen-bond acceptors (Lipinski definition) is 4. The van der Waals surface area contributed by atoms with Gasteiger partial charge >= 0.3 is 0 Å². The Bertz CT molecular complexity index is 270. The van der Waals surface area contributed by atoms with Crippen molar-refractivity contribution in [3.8, 4) is 0 Å². The molecule has 0 N–H and O–H groups in total. The molecule has 1 aromatic rings. The molecule has 1 saturated heterocycles. The van der Waals surface area contributed by atoms with Crippen LogP contribution in [-0.2, 0) is 5.88 Å². The molecule has 72 valence electrons. The molecule has 1 unspecified atom stereocenters. The molecule has 0 aromatic carbocycles. The molecule has 13 heavy (non-hydrogen) atoms. The van der Waals surface area contributed by atoms with Crippen LogP contribution in [0.2, 0.25) is 0 Å². The van der Waals surface area contributed by atoms with E-state index in [9.17, 15) is 0 Å². The van der Waals surface area contributed by atoms with Gasteiger partial charge in [-0.2, -0.15) is 11.8 Å². The first kappa shape index (κ1) is 10.1. The van der Waals surface area contributed by atoms with Crippen LogP contribution in [0.25, 0.3) is 0 Å². The van der Waals surface area contributed by atoms with E-state index in [-0.39, 0.29) is 0 Å². The summed E-state index contributed by atoms with van der Waals surface area (Å²) < 4.78 is 0. The molecule has 1 aromatic heterocycles. The molecule has 0 amide bonds. The summed E-state index contributed by atoms with van der Waals surface area (Å²) in [6.45, 7) is 0. The van der Waals surface area contributed by atoms with Gasteiger partial charge in [-0.3, -0.25) is 0 Å².